The Kier molecular flexibility index (Phi) is 3.02. The summed E-state index contributed by atoms with van der Waals surface area (Å²) in [6.45, 7) is 2.69. The molecule has 0 aliphatic carbocycles. The van der Waals surface area contributed by atoms with Crippen LogP contribution < -0.4 is 0 Å². The fourth-order valence-electron chi connectivity index (χ4n) is 1.48. The summed E-state index contributed by atoms with van der Waals surface area (Å²) in [4.78, 5) is 12.1. The first-order valence-electron chi connectivity index (χ1n) is 4.95. The Bertz CT molecular complexity index is 598. The van der Waals surface area contributed by atoms with Crippen LogP contribution in [0.4, 0.5) is 13.2 Å². The normalized spacial score (nSPS) is 11.8. The first-order valence-corrected chi connectivity index (χ1v) is 5.77. The van der Waals surface area contributed by atoms with Gasteiger partial charge in [-0.1, -0.05) is 5.16 Å². The predicted molar refractivity (Wildman–Crippen MR) is 59.6 cm³/mol. The van der Waals surface area contributed by atoms with Crippen molar-refractivity contribution in [3.63, 3.8) is 0 Å². The van der Waals surface area contributed by atoms with E-state index < -0.39 is 11.9 Å². The van der Waals surface area contributed by atoms with E-state index in [0.29, 0.717) is 9.75 Å². The maximum atomic E-state index is 12.5. The Labute approximate surface area is 104 Å². The van der Waals surface area contributed by atoms with Gasteiger partial charge in [-0.05, 0) is 26.0 Å². The number of thiophene rings is 1. The van der Waals surface area contributed by atoms with E-state index in [0.717, 1.165) is 11.3 Å². The van der Waals surface area contributed by atoms with E-state index in [4.69, 9.17) is 0 Å². The zero-order valence-corrected chi connectivity index (χ0v) is 10.3. The van der Waals surface area contributed by atoms with Crippen LogP contribution in [0.25, 0.3) is 10.6 Å². The van der Waals surface area contributed by atoms with E-state index >= 15 is 0 Å². The van der Waals surface area contributed by atoms with Crippen molar-refractivity contribution in [1.82, 2.24) is 5.16 Å². The summed E-state index contributed by atoms with van der Waals surface area (Å²) >= 11 is 1.09. The smallest absolute Gasteiger partial charge is 0.351 e. The second kappa shape index (κ2) is 4.24. The predicted octanol–water partition coefficient (Wildman–Crippen LogP) is 3.93. The van der Waals surface area contributed by atoms with Gasteiger partial charge in [-0.2, -0.15) is 13.2 Å². The summed E-state index contributed by atoms with van der Waals surface area (Å²) in [5.74, 6) is -1.24. The van der Waals surface area contributed by atoms with E-state index in [1.165, 1.54) is 13.8 Å². The summed E-state index contributed by atoms with van der Waals surface area (Å²) in [5, 5.41) is 3.43. The van der Waals surface area contributed by atoms with Crippen molar-refractivity contribution in [3.8, 4) is 10.6 Å². The number of halogens is 3. The third-order valence-electron chi connectivity index (χ3n) is 2.37. The number of carbonyl (C=O) groups excluding carboxylic acids is 1. The highest BCUT2D eigenvalue weighted by atomic mass is 32.1. The second-order valence-electron chi connectivity index (χ2n) is 3.70. The molecule has 3 nitrogen and oxygen atoms in total. The van der Waals surface area contributed by atoms with Gasteiger partial charge in [-0.15, -0.1) is 11.3 Å². The van der Waals surface area contributed by atoms with Crippen LogP contribution in [0, 0.1) is 6.92 Å². The van der Waals surface area contributed by atoms with E-state index in [-0.39, 0.29) is 17.0 Å². The first-order chi connectivity index (χ1) is 8.30. The molecule has 0 radical (unpaired) electrons. The molecular weight excluding hydrogens is 267 g/mol. The lowest BCUT2D eigenvalue weighted by molar-refractivity contribution is -0.156. The van der Waals surface area contributed by atoms with Gasteiger partial charge in [0.05, 0.1) is 9.75 Å². The zero-order valence-electron chi connectivity index (χ0n) is 9.46. The number of aromatic nitrogens is 1. The molecule has 0 saturated heterocycles. The molecular formula is C11H8F3NO2S. The number of alkyl halides is 3. The highest BCUT2D eigenvalue weighted by Gasteiger charge is 2.39. The molecule has 96 valence electrons. The van der Waals surface area contributed by atoms with Crippen LogP contribution in [0.1, 0.15) is 27.9 Å². The van der Waals surface area contributed by atoms with Crippen LogP contribution in [0.3, 0.4) is 0 Å². The topological polar surface area (TPSA) is 43.1 Å². The zero-order chi connectivity index (χ0) is 13.5. The van der Waals surface area contributed by atoms with Gasteiger partial charge in [0, 0.05) is 5.56 Å². The van der Waals surface area contributed by atoms with Crippen LogP contribution in [-0.4, -0.2) is 10.9 Å². The van der Waals surface area contributed by atoms with Crippen molar-refractivity contribution in [3.05, 3.63) is 28.3 Å². The highest BCUT2D eigenvalue weighted by Crippen LogP contribution is 2.38. The maximum absolute atomic E-state index is 12.5. The number of ketones is 1. The molecule has 2 aromatic heterocycles. The summed E-state index contributed by atoms with van der Waals surface area (Å²) < 4.78 is 41.9. The lowest BCUT2D eigenvalue weighted by Gasteiger charge is -2.01. The largest absolute Gasteiger partial charge is 0.452 e. The average Bonchev–Trinajstić information content (AvgIpc) is 2.81. The molecule has 0 saturated carbocycles. The van der Waals surface area contributed by atoms with Gasteiger partial charge in [0.1, 0.15) is 5.69 Å². The van der Waals surface area contributed by atoms with Crippen LogP contribution in [0.2, 0.25) is 0 Å². The monoisotopic (exact) mass is 275 g/mol. The van der Waals surface area contributed by atoms with Crippen molar-refractivity contribution in [2.75, 3.05) is 0 Å². The summed E-state index contributed by atoms with van der Waals surface area (Å²) in [6, 6.07) is 3.12. The first kappa shape index (κ1) is 12.8. The molecule has 2 rings (SSSR count). The van der Waals surface area contributed by atoms with Crippen LogP contribution in [0.5, 0.6) is 0 Å². The number of hydrogen-bond acceptors (Lipinski definition) is 4. The Hall–Kier alpha value is -1.63. The summed E-state index contributed by atoms with van der Waals surface area (Å²) in [7, 11) is 0. The lowest BCUT2D eigenvalue weighted by atomic mass is 10.2. The molecule has 0 amide bonds. The highest BCUT2D eigenvalue weighted by molar-refractivity contribution is 7.17. The molecule has 2 aromatic rings. The quantitative estimate of drug-likeness (QED) is 0.780. The minimum atomic E-state index is -4.56. The van der Waals surface area contributed by atoms with E-state index in [9.17, 15) is 18.0 Å². The molecule has 0 unspecified atom stereocenters. The number of nitrogens with zero attached hydrogens (tertiary/aromatic N) is 1. The van der Waals surface area contributed by atoms with Gasteiger partial charge >= 0.3 is 6.18 Å². The molecule has 0 N–H and O–H groups in total. The third-order valence-corrected chi connectivity index (χ3v) is 3.56. The SMILES string of the molecule is CC(=O)c1ccc(-c2noc(C(F)(F)F)c2C)s1. The fourth-order valence-corrected chi connectivity index (χ4v) is 2.42. The Morgan fingerprint density at radius 2 is 2.06 bits per heavy atom. The van der Waals surface area contributed by atoms with Crippen LogP contribution >= 0.6 is 11.3 Å². The summed E-state index contributed by atoms with van der Waals surface area (Å²) in [5.41, 5.74) is 0.0549. The van der Waals surface area contributed by atoms with Crippen LogP contribution in [0.15, 0.2) is 16.7 Å². The maximum Gasteiger partial charge on any atom is 0.452 e. The number of carbonyl (C=O) groups is 1. The molecule has 0 fully saturated rings. The van der Waals surface area contributed by atoms with Gasteiger partial charge in [-0.25, -0.2) is 0 Å². The van der Waals surface area contributed by atoms with Crippen LogP contribution in [-0.2, 0) is 6.18 Å². The van der Waals surface area contributed by atoms with Crippen molar-refractivity contribution < 1.29 is 22.5 Å². The molecule has 0 bridgehead atoms. The van der Waals surface area contributed by atoms with Gasteiger partial charge in [0.15, 0.2) is 5.78 Å². The fraction of sp³-hybridized carbons (Fsp3) is 0.273. The minimum absolute atomic E-state index is 0.0700. The van der Waals surface area contributed by atoms with Gasteiger partial charge < -0.3 is 4.52 Å². The number of hydrogen-bond donors (Lipinski definition) is 0. The Morgan fingerprint density at radius 1 is 1.39 bits per heavy atom. The molecule has 18 heavy (non-hydrogen) atoms. The minimum Gasteiger partial charge on any atom is -0.351 e. The average molecular weight is 275 g/mol. The van der Waals surface area contributed by atoms with E-state index in [2.05, 4.69) is 9.68 Å². The van der Waals surface area contributed by atoms with Crippen molar-refractivity contribution in [2.24, 2.45) is 0 Å². The standard InChI is InChI=1S/C11H8F3NO2S/c1-5-9(15-17-10(5)11(12,13)14)8-4-3-7(18-8)6(2)16/h3-4H,1-2H3. The van der Waals surface area contributed by atoms with Gasteiger partial charge in [-0.3, -0.25) is 4.79 Å². The second-order valence-corrected chi connectivity index (χ2v) is 4.79. The van der Waals surface area contributed by atoms with Crippen molar-refractivity contribution in [1.29, 1.82) is 0 Å². The molecule has 2 heterocycles. The van der Waals surface area contributed by atoms with Gasteiger partial charge in [0.25, 0.3) is 0 Å². The summed E-state index contributed by atoms with van der Waals surface area (Å²) in [6.07, 6.45) is -4.56. The Morgan fingerprint density at radius 3 is 2.50 bits per heavy atom. The molecule has 0 aromatic carbocycles. The molecule has 7 heteroatoms. The lowest BCUT2D eigenvalue weighted by Crippen LogP contribution is -2.04. The number of Topliss-reactive ketones (excluding diaryl/α,β-unsaturated/α-hetero) is 1. The Balaban J connectivity index is 2.46. The third kappa shape index (κ3) is 2.17. The van der Waals surface area contributed by atoms with E-state index in [1.807, 2.05) is 0 Å². The van der Waals surface area contributed by atoms with Crippen molar-refractivity contribution in [2.45, 2.75) is 20.0 Å². The number of rotatable bonds is 2. The molecule has 0 aliphatic rings. The van der Waals surface area contributed by atoms with Gasteiger partial charge in [0.2, 0.25) is 5.76 Å². The van der Waals surface area contributed by atoms with E-state index in [1.54, 1.807) is 12.1 Å². The van der Waals surface area contributed by atoms with Crippen molar-refractivity contribution >= 4 is 17.1 Å². The molecule has 0 aliphatic heterocycles. The molecule has 0 atom stereocenters. The molecule has 0 spiro atoms.